The summed E-state index contributed by atoms with van der Waals surface area (Å²) in [6.45, 7) is 1.81. The van der Waals surface area contributed by atoms with E-state index in [0.29, 0.717) is 22.3 Å². The van der Waals surface area contributed by atoms with Crippen LogP contribution in [0.1, 0.15) is 25.8 Å². The first kappa shape index (κ1) is 13.0. The zero-order valence-corrected chi connectivity index (χ0v) is 11.9. The fourth-order valence-corrected chi connectivity index (χ4v) is 2.30. The summed E-state index contributed by atoms with van der Waals surface area (Å²) < 4.78 is 2.12. The van der Waals surface area contributed by atoms with Gasteiger partial charge in [0.25, 0.3) is 0 Å². The first-order chi connectivity index (χ1) is 9.66. The van der Waals surface area contributed by atoms with Crippen LogP contribution < -0.4 is 5.32 Å². The number of hydrogen-bond acceptors (Lipinski definition) is 4. The molecule has 2 aromatic rings. The fraction of sp³-hybridized carbons (Fsp3) is 0.385. The molecule has 0 spiro atoms. The monoisotopic (exact) mass is 289 g/mol. The van der Waals surface area contributed by atoms with E-state index >= 15 is 0 Å². The average molecular weight is 289 g/mol. The van der Waals surface area contributed by atoms with Crippen molar-refractivity contribution in [1.82, 2.24) is 25.1 Å². The van der Waals surface area contributed by atoms with Crippen molar-refractivity contribution in [3.05, 3.63) is 29.2 Å². The molecule has 1 atom stereocenters. The molecule has 2 aromatic heterocycles. The number of nitrogens with one attached hydrogen (secondary N) is 2. The highest BCUT2D eigenvalue weighted by molar-refractivity contribution is 7.71. The van der Waals surface area contributed by atoms with Crippen LogP contribution in [0.4, 0.5) is 0 Å². The number of nitrogens with zero attached hydrogens (tertiary/aromatic N) is 3. The molecule has 2 heterocycles. The summed E-state index contributed by atoms with van der Waals surface area (Å²) in [5.74, 6) is 0.538. The molecule has 1 amide bonds. The lowest BCUT2D eigenvalue weighted by Gasteiger charge is -2.15. The Morgan fingerprint density at radius 2 is 2.35 bits per heavy atom. The molecule has 1 unspecified atom stereocenters. The zero-order valence-electron chi connectivity index (χ0n) is 11.0. The van der Waals surface area contributed by atoms with Crippen molar-refractivity contribution in [3.8, 4) is 11.5 Å². The molecular weight excluding hydrogens is 274 g/mol. The van der Waals surface area contributed by atoms with Gasteiger partial charge in [0, 0.05) is 12.2 Å². The third-order valence-corrected chi connectivity index (χ3v) is 3.58. The third-order valence-electron chi connectivity index (χ3n) is 3.29. The van der Waals surface area contributed by atoms with E-state index in [4.69, 9.17) is 12.2 Å². The summed E-state index contributed by atoms with van der Waals surface area (Å²) in [4.78, 5) is 16.4. The largest absolute Gasteiger partial charge is 0.352 e. The van der Waals surface area contributed by atoms with Crippen LogP contribution in [0.3, 0.4) is 0 Å². The quantitative estimate of drug-likeness (QED) is 0.842. The van der Waals surface area contributed by atoms with Crippen molar-refractivity contribution in [2.75, 3.05) is 0 Å². The highest BCUT2D eigenvalue weighted by Crippen LogP contribution is 2.22. The predicted octanol–water partition coefficient (Wildman–Crippen LogP) is 1.84. The van der Waals surface area contributed by atoms with Crippen LogP contribution in [-0.2, 0) is 4.79 Å². The van der Waals surface area contributed by atoms with Gasteiger partial charge in [-0.25, -0.2) is 0 Å². The predicted molar refractivity (Wildman–Crippen MR) is 76.5 cm³/mol. The molecule has 1 aliphatic rings. The van der Waals surface area contributed by atoms with Crippen LogP contribution in [0.5, 0.6) is 0 Å². The number of carbonyl (C=O) groups is 1. The highest BCUT2D eigenvalue weighted by Gasteiger charge is 2.28. The second-order valence-electron chi connectivity index (χ2n) is 4.90. The first-order valence-corrected chi connectivity index (χ1v) is 6.96. The lowest BCUT2D eigenvalue weighted by Crippen LogP contribution is -2.32. The molecule has 0 radical (unpaired) electrons. The zero-order chi connectivity index (χ0) is 14.1. The molecule has 7 heteroatoms. The van der Waals surface area contributed by atoms with E-state index in [9.17, 15) is 4.79 Å². The third kappa shape index (κ3) is 2.49. The minimum absolute atomic E-state index is 0.0396. The lowest BCUT2D eigenvalue weighted by atomic mass is 10.2. The van der Waals surface area contributed by atoms with E-state index in [1.165, 1.54) is 0 Å². The Labute approximate surface area is 121 Å². The van der Waals surface area contributed by atoms with E-state index < -0.39 is 6.04 Å². The number of rotatable bonds is 4. The molecule has 0 saturated heterocycles. The van der Waals surface area contributed by atoms with Gasteiger partial charge >= 0.3 is 0 Å². The van der Waals surface area contributed by atoms with Crippen molar-refractivity contribution in [1.29, 1.82) is 0 Å². The van der Waals surface area contributed by atoms with Crippen molar-refractivity contribution >= 4 is 18.1 Å². The van der Waals surface area contributed by atoms with Crippen LogP contribution in [0.2, 0.25) is 0 Å². The minimum atomic E-state index is -0.418. The van der Waals surface area contributed by atoms with Gasteiger partial charge in [0.15, 0.2) is 10.6 Å². The topological polar surface area (TPSA) is 75.6 Å². The number of amides is 1. The van der Waals surface area contributed by atoms with Gasteiger partial charge in [0.2, 0.25) is 5.91 Å². The van der Waals surface area contributed by atoms with E-state index in [2.05, 4.69) is 20.5 Å². The minimum Gasteiger partial charge on any atom is -0.352 e. The van der Waals surface area contributed by atoms with Gasteiger partial charge < -0.3 is 5.32 Å². The summed E-state index contributed by atoms with van der Waals surface area (Å²) in [5, 5.41) is 9.90. The number of pyridine rings is 1. The molecule has 20 heavy (non-hydrogen) atoms. The molecule has 1 aliphatic carbocycles. The molecular formula is C13H15N5OS. The summed E-state index contributed by atoms with van der Waals surface area (Å²) in [6.07, 6.45) is 3.80. The summed E-state index contributed by atoms with van der Waals surface area (Å²) in [7, 11) is 0. The number of H-pyrrole nitrogens is 1. The number of aromatic amines is 1. The highest BCUT2D eigenvalue weighted by atomic mass is 32.1. The lowest BCUT2D eigenvalue weighted by molar-refractivity contribution is -0.124. The number of aromatic nitrogens is 4. The maximum Gasteiger partial charge on any atom is 0.243 e. The van der Waals surface area contributed by atoms with Gasteiger partial charge in [-0.2, -0.15) is 5.10 Å². The Hall–Kier alpha value is -2.02. The molecule has 2 N–H and O–H groups in total. The molecule has 104 valence electrons. The fourth-order valence-electron chi connectivity index (χ4n) is 2.01. The van der Waals surface area contributed by atoms with Gasteiger partial charge in [-0.3, -0.25) is 19.4 Å². The van der Waals surface area contributed by atoms with E-state index in [1.54, 1.807) is 10.8 Å². The van der Waals surface area contributed by atoms with E-state index in [-0.39, 0.29) is 5.91 Å². The second-order valence-corrected chi connectivity index (χ2v) is 5.28. The maximum atomic E-state index is 12.2. The number of carbonyl (C=O) groups excluding carboxylic acids is 1. The summed E-state index contributed by atoms with van der Waals surface area (Å²) in [6, 6.07) is 5.45. The number of hydrogen-bond donors (Lipinski definition) is 2. The molecule has 6 nitrogen and oxygen atoms in total. The van der Waals surface area contributed by atoms with Crippen molar-refractivity contribution < 1.29 is 4.79 Å². The van der Waals surface area contributed by atoms with Gasteiger partial charge in [-0.1, -0.05) is 6.07 Å². The summed E-state index contributed by atoms with van der Waals surface area (Å²) >= 11 is 5.23. The smallest absolute Gasteiger partial charge is 0.243 e. The Morgan fingerprint density at radius 3 is 3.00 bits per heavy atom. The standard InChI is InChI=1S/C13H15N5OS/c1-8(12(19)15-9-5-6-9)18-11(16-17-13(18)20)10-4-2-3-7-14-10/h2-4,7-9H,5-6H2,1H3,(H,15,19)(H,17,20). The average Bonchev–Trinajstić information content (AvgIpc) is 3.19. The second kappa shape index (κ2) is 5.16. The van der Waals surface area contributed by atoms with Crippen LogP contribution in [0, 0.1) is 4.77 Å². The van der Waals surface area contributed by atoms with Crippen LogP contribution >= 0.6 is 12.2 Å². The van der Waals surface area contributed by atoms with Crippen molar-refractivity contribution in [2.24, 2.45) is 0 Å². The molecule has 0 aromatic carbocycles. The Bertz CT molecular complexity index is 674. The van der Waals surface area contributed by atoms with Crippen molar-refractivity contribution in [2.45, 2.75) is 31.8 Å². The van der Waals surface area contributed by atoms with Crippen LogP contribution in [0.15, 0.2) is 24.4 Å². The molecule has 3 rings (SSSR count). The van der Waals surface area contributed by atoms with Crippen LogP contribution in [0.25, 0.3) is 11.5 Å². The molecule has 1 fully saturated rings. The maximum absolute atomic E-state index is 12.2. The van der Waals surface area contributed by atoms with Crippen molar-refractivity contribution in [3.63, 3.8) is 0 Å². The van der Waals surface area contributed by atoms with Gasteiger partial charge in [-0.15, -0.1) is 0 Å². The van der Waals surface area contributed by atoms with E-state index in [0.717, 1.165) is 12.8 Å². The van der Waals surface area contributed by atoms with Gasteiger partial charge in [-0.05, 0) is 44.1 Å². The van der Waals surface area contributed by atoms with E-state index in [1.807, 2.05) is 25.1 Å². The summed E-state index contributed by atoms with van der Waals surface area (Å²) in [5.41, 5.74) is 0.686. The van der Waals surface area contributed by atoms with Gasteiger partial charge in [0.1, 0.15) is 11.7 Å². The molecule has 0 bridgehead atoms. The Kier molecular flexibility index (Phi) is 3.35. The van der Waals surface area contributed by atoms with Crippen LogP contribution in [-0.4, -0.2) is 31.7 Å². The SMILES string of the molecule is CC(C(=O)NC1CC1)n1c(-c2ccccn2)n[nH]c1=S. The molecule has 0 aliphatic heterocycles. The van der Waals surface area contributed by atoms with Gasteiger partial charge in [0.05, 0.1) is 0 Å². The molecule has 1 saturated carbocycles. The first-order valence-electron chi connectivity index (χ1n) is 6.55. The Morgan fingerprint density at radius 1 is 1.55 bits per heavy atom. The normalized spacial score (nSPS) is 15.8. The Balaban J connectivity index is 1.94.